The van der Waals surface area contributed by atoms with Gasteiger partial charge in [0.15, 0.2) is 0 Å². The molecule has 1 atom stereocenters. The van der Waals surface area contributed by atoms with Crippen LogP contribution in [0, 0.1) is 12.7 Å². The van der Waals surface area contributed by atoms with Crippen LogP contribution >= 0.6 is 0 Å². The van der Waals surface area contributed by atoms with Gasteiger partial charge in [0.05, 0.1) is 5.69 Å². The number of hydrogen-bond donors (Lipinski definition) is 2. The lowest BCUT2D eigenvalue weighted by molar-refractivity contribution is -0.117. The molecule has 0 aliphatic carbocycles. The van der Waals surface area contributed by atoms with Gasteiger partial charge >= 0.3 is 0 Å². The van der Waals surface area contributed by atoms with Gasteiger partial charge in [-0.25, -0.2) is 4.39 Å². The molecule has 1 aromatic carbocycles. The minimum atomic E-state index is -0.809. The number of hydrogen-bond acceptors (Lipinski definition) is 3. The van der Waals surface area contributed by atoms with Gasteiger partial charge in [-0.2, -0.15) is 0 Å². The first kappa shape index (κ1) is 18.6. The monoisotopic (exact) mass is 343 g/mol. The Bertz CT molecular complexity index is 777. The summed E-state index contributed by atoms with van der Waals surface area (Å²) in [7, 11) is 0. The SMILES string of the molecule is CCCc1cc(C(=O)N[C@@H](C)C(=O)Nc2ccc(C)cc2F)ccn1. The minimum Gasteiger partial charge on any atom is -0.341 e. The van der Waals surface area contributed by atoms with Crippen molar-refractivity contribution in [2.75, 3.05) is 5.32 Å². The molecule has 0 aliphatic rings. The second kappa shape index (κ2) is 8.37. The van der Waals surface area contributed by atoms with Crippen molar-refractivity contribution in [3.8, 4) is 0 Å². The number of carbonyl (C=O) groups is 2. The highest BCUT2D eigenvalue weighted by Crippen LogP contribution is 2.15. The van der Waals surface area contributed by atoms with E-state index in [0.717, 1.165) is 24.1 Å². The van der Waals surface area contributed by atoms with Crippen LogP contribution in [0.15, 0.2) is 36.5 Å². The quantitative estimate of drug-likeness (QED) is 0.846. The van der Waals surface area contributed by atoms with Gasteiger partial charge in [0.25, 0.3) is 5.91 Å². The van der Waals surface area contributed by atoms with E-state index in [2.05, 4.69) is 15.6 Å². The number of amides is 2. The summed E-state index contributed by atoms with van der Waals surface area (Å²) in [6.45, 7) is 5.34. The standard InChI is InChI=1S/C19H22FN3O2/c1-4-5-15-11-14(8-9-21-15)19(25)22-13(3)18(24)23-17-7-6-12(2)10-16(17)20/h6-11,13H,4-5H2,1-3H3,(H,22,25)(H,23,24)/t13-/m0/s1. The molecule has 0 radical (unpaired) electrons. The fourth-order valence-corrected chi connectivity index (χ4v) is 2.32. The molecule has 6 heteroatoms. The topological polar surface area (TPSA) is 71.1 Å². The second-order valence-electron chi connectivity index (χ2n) is 5.95. The molecule has 132 valence electrons. The molecule has 1 heterocycles. The van der Waals surface area contributed by atoms with Crippen molar-refractivity contribution >= 4 is 17.5 Å². The Balaban J connectivity index is 2.00. The Morgan fingerprint density at radius 1 is 1.24 bits per heavy atom. The molecule has 0 saturated carbocycles. The van der Waals surface area contributed by atoms with Gasteiger partial charge in [0, 0.05) is 17.5 Å². The smallest absolute Gasteiger partial charge is 0.252 e. The first-order valence-electron chi connectivity index (χ1n) is 8.23. The van der Waals surface area contributed by atoms with Crippen LogP contribution in [-0.4, -0.2) is 22.8 Å². The number of pyridine rings is 1. The number of halogens is 1. The highest BCUT2D eigenvalue weighted by molar-refractivity contribution is 6.01. The Morgan fingerprint density at radius 3 is 2.68 bits per heavy atom. The molecular weight excluding hydrogens is 321 g/mol. The van der Waals surface area contributed by atoms with Crippen LogP contribution in [-0.2, 0) is 11.2 Å². The van der Waals surface area contributed by atoms with E-state index in [0.29, 0.717) is 5.56 Å². The van der Waals surface area contributed by atoms with E-state index in [9.17, 15) is 14.0 Å². The van der Waals surface area contributed by atoms with E-state index in [-0.39, 0.29) is 11.6 Å². The van der Waals surface area contributed by atoms with Gasteiger partial charge in [0.2, 0.25) is 5.91 Å². The summed E-state index contributed by atoms with van der Waals surface area (Å²) in [6.07, 6.45) is 3.29. The summed E-state index contributed by atoms with van der Waals surface area (Å²) >= 11 is 0. The van der Waals surface area contributed by atoms with Gasteiger partial charge in [0.1, 0.15) is 11.9 Å². The molecule has 0 fully saturated rings. The fraction of sp³-hybridized carbons (Fsp3) is 0.316. The molecule has 0 bridgehead atoms. The molecule has 2 N–H and O–H groups in total. The van der Waals surface area contributed by atoms with Crippen LogP contribution in [0.1, 0.15) is 41.9 Å². The van der Waals surface area contributed by atoms with Crippen LogP contribution < -0.4 is 10.6 Å². The third-order valence-electron chi connectivity index (χ3n) is 3.71. The van der Waals surface area contributed by atoms with Crippen molar-refractivity contribution in [3.63, 3.8) is 0 Å². The number of aromatic nitrogens is 1. The zero-order valence-corrected chi connectivity index (χ0v) is 14.6. The maximum atomic E-state index is 13.8. The molecule has 5 nitrogen and oxygen atoms in total. The summed E-state index contributed by atoms with van der Waals surface area (Å²) in [4.78, 5) is 28.7. The third-order valence-corrected chi connectivity index (χ3v) is 3.71. The molecule has 0 aliphatic heterocycles. The van der Waals surface area contributed by atoms with Crippen LogP contribution in [0.5, 0.6) is 0 Å². The second-order valence-corrected chi connectivity index (χ2v) is 5.95. The number of aryl methyl sites for hydroxylation is 2. The van der Waals surface area contributed by atoms with E-state index < -0.39 is 17.8 Å². The Kier molecular flexibility index (Phi) is 6.22. The van der Waals surface area contributed by atoms with Gasteiger partial charge in [-0.1, -0.05) is 19.4 Å². The van der Waals surface area contributed by atoms with Crippen LogP contribution in [0.3, 0.4) is 0 Å². The molecule has 2 amide bonds. The Hall–Kier alpha value is -2.76. The molecule has 25 heavy (non-hydrogen) atoms. The van der Waals surface area contributed by atoms with Crippen molar-refractivity contribution in [1.29, 1.82) is 0 Å². The van der Waals surface area contributed by atoms with E-state index in [1.54, 1.807) is 38.2 Å². The molecule has 0 saturated heterocycles. The van der Waals surface area contributed by atoms with Gasteiger partial charge in [-0.15, -0.1) is 0 Å². The predicted molar refractivity (Wildman–Crippen MR) is 94.9 cm³/mol. The molecule has 0 unspecified atom stereocenters. The fourth-order valence-electron chi connectivity index (χ4n) is 2.32. The third kappa shape index (κ3) is 5.11. The van der Waals surface area contributed by atoms with Crippen LogP contribution in [0.2, 0.25) is 0 Å². The number of nitrogens with zero attached hydrogens (tertiary/aromatic N) is 1. The maximum Gasteiger partial charge on any atom is 0.252 e. The average molecular weight is 343 g/mol. The lowest BCUT2D eigenvalue weighted by atomic mass is 10.1. The minimum absolute atomic E-state index is 0.0887. The van der Waals surface area contributed by atoms with Crippen LogP contribution in [0.25, 0.3) is 0 Å². The zero-order valence-electron chi connectivity index (χ0n) is 14.6. The highest BCUT2D eigenvalue weighted by atomic mass is 19.1. The van der Waals surface area contributed by atoms with Gasteiger partial charge < -0.3 is 10.6 Å². The number of carbonyl (C=O) groups excluding carboxylic acids is 2. The lowest BCUT2D eigenvalue weighted by Gasteiger charge is -2.15. The van der Waals surface area contributed by atoms with Crippen molar-refractivity contribution in [2.24, 2.45) is 0 Å². The first-order chi connectivity index (χ1) is 11.9. The molecule has 1 aromatic heterocycles. The number of nitrogens with one attached hydrogen (secondary N) is 2. The zero-order chi connectivity index (χ0) is 18.4. The normalized spacial score (nSPS) is 11.7. The average Bonchev–Trinajstić information content (AvgIpc) is 2.57. The van der Waals surface area contributed by atoms with Gasteiger partial charge in [-0.05, 0) is 50.1 Å². The largest absolute Gasteiger partial charge is 0.341 e. The predicted octanol–water partition coefficient (Wildman–Crippen LogP) is 3.24. The summed E-state index contributed by atoms with van der Waals surface area (Å²) in [6, 6.07) is 7.04. The van der Waals surface area contributed by atoms with E-state index in [4.69, 9.17) is 0 Å². The maximum absolute atomic E-state index is 13.8. The molecule has 0 spiro atoms. The van der Waals surface area contributed by atoms with Crippen molar-refractivity contribution in [2.45, 2.75) is 39.7 Å². The van der Waals surface area contributed by atoms with Crippen molar-refractivity contribution in [1.82, 2.24) is 10.3 Å². The summed E-state index contributed by atoms with van der Waals surface area (Å²) < 4.78 is 13.8. The lowest BCUT2D eigenvalue weighted by Crippen LogP contribution is -2.41. The Morgan fingerprint density at radius 2 is 2.00 bits per heavy atom. The van der Waals surface area contributed by atoms with Crippen LogP contribution in [0.4, 0.5) is 10.1 Å². The molecular formula is C19H22FN3O2. The van der Waals surface area contributed by atoms with E-state index in [1.807, 2.05) is 6.92 Å². The van der Waals surface area contributed by atoms with Crippen molar-refractivity contribution < 1.29 is 14.0 Å². The van der Waals surface area contributed by atoms with Crippen molar-refractivity contribution in [3.05, 3.63) is 59.2 Å². The summed E-state index contributed by atoms with van der Waals surface area (Å²) in [5.41, 5.74) is 2.12. The Labute approximate surface area is 146 Å². The highest BCUT2D eigenvalue weighted by Gasteiger charge is 2.18. The number of anilines is 1. The summed E-state index contributed by atoms with van der Waals surface area (Å²) in [5.74, 6) is -1.36. The van der Waals surface area contributed by atoms with E-state index in [1.165, 1.54) is 12.1 Å². The van der Waals surface area contributed by atoms with Gasteiger partial charge in [-0.3, -0.25) is 14.6 Å². The van der Waals surface area contributed by atoms with E-state index >= 15 is 0 Å². The number of rotatable bonds is 6. The number of benzene rings is 1. The summed E-state index contributed by atoms with van der Waals surface area (Å²) in [5, 5.41) is 5.10. The molecule has 2 rings (SSSR count). The first-order valence-corrected chi connectivity index (χ1v) is 8.23. The molecule has 2 aromatic rings.